The van der Waals surface area contributed by atoms with Gasteiger partial charge in [0.05, 0.1) is 5.69 Å². The van der Waals surface area contributed by atoms with E-state index in [0.29, 0.717) is 39.6 Å². The van der Waals surface area contributed by atoms with Crippen LogP contribution in [0.5, 0.6) is 0 Å². The number of anilines is 1. The van der Waals surface area contributed by atoms with Gasteiger partial charge in [0.15, 0.2) is 5.17 Å². The summed E-state index contributed by atoms with van der Waals surface area (Å²) in [4.78, 5) is 32.1. The number of halogens is 3. The molecule has 1 fully saturated rings. The van der Waals surface area contributed by atoms with Crippen molar-refractivity contribution in [2.24, 2.45) is 4.99 Å². The molecular weight excluding hydrogens is 496 g/mol. The van der Waals surface area contributed by atoms with E-state index in [9.17, 15) is 14.0 Å². The van der Waals surface area contributed by atoms with Crippen molar-refractivity contribution in [2.45, 2.75) is 18.1 Å². The van der Waals surface area contributed by atoms with E-state index in [1.54, 1.807) is 35.2 Å². The first-order valence-corrected chi connectivity index (χ1v) is 12.1. The fourth-order valence-electron chi connectivity index (χ4n) is 3.44. The van der Waals surface area contributed by atoms with Crippen LogP contribution in [-0.2, 0) is 16.0 Å². The molecule has 1 aliphatic heterocycles. The number of thioether (sulfide) groups is 1. The number of carbonyl (C=O) groups excluding carboxylic acids is 2. The Labute approximate surface area is 211 Å². The maximum absolute atomic E-state index is 13.2. The lowest BCUT2D eigenvalue weighted by Crippen LogP contribution is -2.35. The van der Waals surface area contributed by atoms with Crippen LogP contribution in [0, 0.1) is 5.82 Å². The molecule has 3 aromatic carbocycles. The number of carbonyl (C=O) groups is 2. The molecule has 1 N–H and O–H groups in total. The Hall–Kier alpha value is -2.87. The largest absolute Gasteiger partial charge is 0.326 e. The SMILES string of the molecule is O=C(C[C@@H]1SC(=Nc2ccccc2)N(CCc2ccc(F)cc2)C1=O)Nc1cc(Cl)cc(Cl)c1. The summed E-state index contributed by atoms with van der Waals surface area (Å²) in [5.74, 6) is -0.834. The number of amides is 2. The van der Waals surface area contributed by atoms with Crippen LogP contribution in [0.15, 0.2) is 77.8 Å². The van der Waals surface area contributed by atoms with Gasteiger partial charge >= 0.3 is 0 Å². The molecule has 3 aromatic rings. The first kappa shape index (κ1) is 24.3. The quantitative estimate of drug-likeness (QED) is 0.399. The standard InChI is InChI=1S/C25H20Cl2FN3O2S/c26-17-12-18(27)14-21(13-17)29-23(32)15-22-24(33)31(11-10-16-6-8-19(28)9-7-16)25(34-22)30-20-4-2-1-3-5-20/h1-9,12-14,22H,10-11,15H2,(H,29,32)/t22-/m0/s1. The van der Waals surface area contributed by atoms with Crippen molar-refractivity contribution in [3.63, 3.8) is 0 Å². The Morgan fingerprint density at radius 1 is 1.03 bits per heavy atom. The van der Waals surface area contributed by atoms with Gasteiger partial charge < -0.3 is 5.32 Å². The number of hydrogen-bond acceptors (Lipinski definition) is 4. The van der Waals surface area contributed by atoms with Crippen LogP contribution < -0.4 is 5.32 Å². The Kier molecular flexibility index (Phi) is 7.88. The van der Waals surface area contributed by atoms with Crippen LogP contribution in [0.1, 0.15) is 12.0 Å². The van der Waals surface area contributed by atoms with Crippen molar-refractivity contribution in [1.29, 1.82) is 0 Å². The number of nitrogens with zero attached hydrogens (tertiary/aromatic N) is 2. The monoisotopic (exact) mass is 515 g/mol. The predicted molar refractivity (Wildman–Crippen MR) is 136 cm³/mol. The van der Waals surface area contributed by atoms with Gasteiger partial charge in [0.1, 0.15) is 11.1 Å². The van der Waals surface area contributed by atoms with E-state index in [1.807, 2.05) is 30.3 Å². The van der Waals surface area contributed by atoms with E-state index in [0.717, 1.165) is 5.56 Å². The zero-order valence-electron chi connectivity index (χ0n) is 17.9. The van der Waals surface area contributed by atoms with Crippen molar-refractivity contribution in [2.75, 3.05) is 11.9 Å². The second kappa shape index (κ2) is 11.0. The zero-order chi connectivity index (χ0) is 24.1. The fraction of sp³-hybridized carbons (Fsp3) is 0.160. The second-order valence-electron chi connectivity index (χ2n) is 7.61. The first-order valence-electron chi connectivity index (χ1n) is 10.5. The van der Waals surface area contributed by atoms with E-state index in [1.165, 1.54) is 23.9 Å². The highest BCUT2D eigenvalue weighted by Crippen LogP contribution is 2.32. The smallest absolute Gasteiger partial charge is 0.242 e. The van der Waals surface area contributed by atoms with Crippen molar-refractivity contribution in [3.05, 3.63) is 94.2 Å². The highest BCUT2D eigenvalue weighted by atomic mass is 35.5. The topological polar surface area (TPSA) is 61.8 Å². The van der Waals surface area contributed by atoms with E-state index in [2.05, 4.69) is 10.3 Å². The summed E-state index contributed by atoms with van der Waals surface area (Å²) in [7, 11) is 0. The maximum Gasteiger partial charge on any atom is 0.242 e. The molecule has 0 aliphatic carbocycles. The number of para-hydroxylation sites is 1. The number of aliphatic imine (C=N–C) groups is 1. The molecular formula is C25H20Cl2FN3O2S. The van der Waals surface area contributed by atoms with Gasteiger partial charge in [0.2, 0.25) is 11.8 Å². The van der Waals surface area contributed by atoms with Crippen LogP contribution in [0.3, 0.4) is 0 Å². The molecule has 0 aromatic heterocycles. The maximum atomic E-state index is 13.2. The lowest BCUT2D eigenvalue weighted by Gasteiger charge is -2.16. The summed E-state index contributed by atoms with van der Waals surface area (Å²) >= 11 is 13.3. The molecule has 174 valence electrons. The van der Waals surface area contributed by atoms with Crippen molar-refractivity contribution in [3.8, 4) is 0 Å². The van der Waals surface area contributed by atoms with Gasteiger partial charge in [-0.05, 0) is 54.4 Å². The minimum Gasteiger partial charge on any atom is -0.326 e. The highest BCUT2D eigenvalue weighted by Gasteiger charge is 2.39. The van der Waals surface area contributed by atoms with E-state index in [4.69, 9.17) is 23.2 Å². The van der Waals surface area contributed by atoms with Crippen molar-refractivity contribution < 1.29 is 14.0 Å². The number of amidine groups is 1. The fourth-order valence-corrected chi connectivity index (χ4v) is 5.15. The van der Waals surface area contributed by atoms with E-state index < -0.39 is 5.25 Å². The van der Waals surface area contributed by atoms with Crippen LogP contribution in [-0.4, -0.2) is 33.7 Å². The number of nitrogens with one attached hydrogen (secondary N) is 1. The average molecular weight is 516 g/mol. The molecule has 34 heavy (non-hydrogen) atoms. The van der Waals surface area contributed by atoms with Crippen molar-refractivity contribution >= 4 is 63.3 Å². The predicted octanol–water partition coefficient (Wildman–Crippen LogP) is 6.34. The van der Waals surface area contributed by atoms with Crippen LogP contribution in [0.25, 0.3) is 0 Å². The molecule has 5 nitrogen and oxygen atoms in total. The van der Waals surface area contributed by atoms with Gasteiger partial charge in [-0.1, -0.05) is 65.3 Å². The number of hydrogen-bond donors (Lipinski definition) is 1. The number of rotatable bonds is 7. The average Bonchev–Trinajstić information content (AvgIpc) is 3.07. The van der Waals surface area contributed by atoms with Gasteiger partial charge in [-0.25, -0.2) is 9.38 Å². The molecule has 4 rings (SSSR count). The molecule has 9 heteroatoms. The summed E-state index contributed by atoms with van der Waals surface area (Å²) in [5, 5.41) is 3.46. The summed E-state index contributed by atoms with van der Waals surface area (Å²) in [6, 6.07) is 20.2. The molecule has 0 unspecified atom stereocenters. The molecule has 0 saturated carbocycles. The minimum atomic E-state index is -0.620. The highest BCUT2D eigenvalue weighted by molar-refractivity contribution is 8.15. The molecule has 1 saturated heterocycles. The van der Waals surface area contributed by atoms with Crippen LogP contribution >= 0.6 is 35.0 Å². The van der Waals surface area contributed by atoms with Gasteiger partial charge in [0, 0.05) is 28.7 Å². The summed E-state index contributed by atoms with van der Waals surface area (Å²) < 4.78 is 13.2. The molecule has 0 bridgehead atoms. The Morgan fingerprint density at radius 3 is 2.38 bits per heavy atom. The normalized spacial score (nSPS) is 16.8. The van der Waals surface area contributed by atoms with Crippen LogP contribution in [0.4, 0.5) is 15.8 Å². The Bertz CT molecular complexity index is 1200. The molecule has 0 radical (unpaired) electrons. The molecule has 0 spiro atoms. The van der Waals surface area contributed by atoms with Crippen LogP contribution in [0.2, 0.25) is 10.0 Å². The third-order valence-corrected chi connectivity index (χ3v) is 6.67. The van der Waals surface area contributed by atoms with Crippen molar-refractivity contribution in [1.82, 2.24) is 4.90 Å². The Balaban J connectivity index is 1.49. The van der Waals surface area contributed by atoms with E-state index in [-0.39, 0.29) is 24.1 Å². The lowest BCUT2D eigenvalue weighted by molar-refractivity contribution is -0.128. The molecule has 1 aliphatic rings. The zero-order valence-corrected chi connectivity index (χ0v) is 20.2. The molecule has 1 atom stereocenters. The molecule has 2 amide bonds. The Morgan fingerprint density at radius 2 is 1.71 bits per heavy atom. The summed E-state index contributed by atoms with van der Waals surface area (Å²) in [5.41, 5.74) is 2.07. The summed E-state index contributed by atoms with van der Waals surface area (Å²) in [6.07, 6.45) is 0.495. The first-order chi connectivity index (χ1) is 16.4. The lowest BCUT2D eigenvalue weighted by atomic mass is 10.1. The van der Waals surface area contributed by atoms with Gasteiger partial charge in [-0.2, -0.15) is 0 Å². The third kappa shape index (κ3) is 6.38. The summed E-state index contributed by atoms with van der Waals surface area (Å²) in [6.45, 7) is 0.366. The second-order valence-corrected chi connectivity index (χ2v) is 9.66. The third-order valence-electron chi connectivity index (χ3n) is 5.06. The van der Waals surface area contributed by atoms with Gasteiger partial charge in [-0.15, -0.1) is 0 Å². The minimum absolute atomic E-state index is 0.0332. The van der Waals surface area contributed by atoms with Gasteiger partial charge in [-0.3, -0.25) is 14.5 Å². The molecule has 1 heterocycles. The number of benzene rings is 3. The van der Waals surface area contributed by atoms with E-state index >= 15 is 0 Å². The van der Waals surface area contributed by atoms with Gasteiger partial charge in [0.25, 0.3) is 0 Å².